The van der Waals surface area contributed by atoms with Gasteiger partial charge in [0, 0.05) is 18.2 Å². The zero-order valence-electron chi connectivity index (χ0n) is 14.1. The van der Waals surface area contributed by atoms with E-state index < -0.39 is 11.3 Å². The van der Waals surface area contributed by atoms with Crippen LogP contribution in [0.5, 0.6) is 0 Å². The molecule has 0 heterocycles. The standard InChI is InChI=1S/C19H20O2.CH4O/c1-19(2,3)16(17(20)14-10-6-4-7-11-14)18(21)15-12-8-5-9-13-15;1-2/h4-13,16H,1-3H3;2H,1H3. The van der Waals surface area contributed by atoms with E-state index in [0.717, 1.165) is 7.11 Å². The van der Waals surface area contributed by atoms with Gasteiger partial charge in [-0.3, -0.25) is 9.59 Å². The van der Waals surface area contributed by atoms with E-state index in [-0.39, 0.29) is 11.6 Å². The lowest BCUT2D eigenvalue weighted by molar-refractivity contribution is 0.0694. The first-order valence-corrected chi connectivity index (χ1v) is 7.54. The van der Waals surface area contributed by atoms with E-state index in [4.69, 9.17) is 5.11 Å². The van der Waals surface area contributed by atoms with Crippen molar-refractivity contribution in [2.75, 3.05) is 7.11 Å². The van der Waals surface area contributed by atoms with Crippen LogP contribution in [0.25, 0.3) is 0 Å². The third kappa shape index (κ3) is 4.86. The Labute approximate surface area is 138 Å². The molecule has 0 saturated carbocycles. The van der Waals surface area contributed by atoms with Gasteiger partial charge in [-0.2, -0.15) is 0 Å². The smallest absolute Gasteiger partial charge is 0.174 e. The fourth-order valence-corrected chi connectivity index (χ4v) is 2.44. The average molecular weight is 312 g/mol. The first-order valence-electron chi connectivity index (χ1n) is 7.54. The van der Waals surface area contributed by atoms with Gasteiger partial charge in [0.2, 0.25) is 0 Å². The van der Waals surface area contributed by atoms with Crippen LogP contribution in [0.2, 0.25) is 0 Å². The fraction of sp³-hybridized carbons (Fsp3) is 0.300. The minimum absolute atomic E-state index is 0.114. The molecule has 0 aliphatic heterocycles. The van der Waals surface area contributed by atoms with E-state index in [0.29, 0.717) is 11.1 Å². The Morgan fingerprint density at radius 3 is 1.30 bits per heavy atom. The Hall–Kier alpha value is -2.26. The highest BCUT2D eigenvalue weighted by atomic mass is 16.2. The van der Waals surface area contributed by atoms with Crippen molar-refractivity contribution in [2.45, 2.75) is 20.8 Å². The number of hydrogen-bond acceptors (Lipinski definition) is 3. The summed E-state index contributed by atoms with van der Waals surface area (Å²) in [6.07, 6.45) is 0. The van der Waals surface area contributed by atoms with E-state index in [9.17, 15) is 9.59 Å². The lowest BCUT2D eigenvalue weighted by Gasteiger charge is -2.28. The fourth-order valence-electron chi connectivity index (χ4n) is 2.44. The molecular formula is C20H24O3. The van der Waals surface area contributed by atoms with Crippen LogP contribution >= 0.6 is 0 Å². The first-order chi connectivity index (χ1) is 10.9. The van der Waals surface area contributed by atoms with E-state index in [2.05, 4.69) is 0 Å². The molecule has 2 aromatic carbocycles. The van der Waals surface area contributed by atoms with Crippen molar-refractivity contribution in [1.82, 2.24) is 0 Å². The first kappa shape index (κ1) is 18.8. The van der Waals surface area contributed by atoms with Crippen molar-refractivity contribution in [1.29, 1.82) is 0 Å². The normalized spacial score (nSPS) is 10.7. The summed E-state index contributed by atoms with van der Waals surface area (Å²) in [7, 11) is 1.00. The second-order valence-corrected chi connectivity index (χ2v) is 6.26. The number of benzene rings is 2. The Morgan fingerprint density at radius 2 is 1.04 bits per heavy atom. The van der Waals surface area contributed by atoms with Gasteiger partial charge in [0.15, 0.2) is 11.6 Å². The van der Waals surface area contributed by atoms with Gasteiger partial charge in [-0.05, 0) is 5.41 Å². The summed E-state index contributed by atoms with van der Waals surface area (Å²) < 4.78 is 0. The number of rotatable bonds is 4. The SMILES string of the molecule is CC(C)(C)C(C(=O)c1ccccc1)C(=O)c1ccccc1.CO. The molecule has 122 valence electrons. The molecule has 0 aliphatic rings. The number of Topliss-reactive ketones (excluding diaryl/α,β-unsaturated/α-hetero) is 2. The Bertz CT molecular complexity index is 573. The minimum Gasteiger partial charge on any atom is -0.400 e. The number of aliphatic hydroxyl groups is 1. The number of hydrogen-bond donors (Lipinski definition) is 1. The molecule has 1 N–H and O–H groups in total. The lowest BCUT2D eigenvalue weighted by Crippen LogP contribution is -2.35. The monoisotopic (exact) mass is 312 g/mol. The molecule has 2 rings (SSSR count). The molecule has 0 radical (unpaired) electrons. The molecule has 0 unspecified atom stereocenters. The molecule has 3 heteroatoms. The molecule has 23 heavy (non-hydrogen) atoms. The Balaban J connectivity index is 0.00000127. The molecule has 0 bridgehead atoms. The highest BCUT2D eigenvalue weighted by Crippen LogP contribution is 2.32. The maximum absolute atomic E-state index is 12.8. The van der Waals surface area contributed by atoms with Gasteiger partial charge < -0.3 is 5.11 Å². The van der Waals surface area contributed by atoms with Crippen LogP contribution in [0.15, 0.2) is 60.7 Å². The molecule has 0 fully saturated rings. The van der Waals surface area contributed by atoms with Gasteiger partial charge >= 0.3 is 0 Å². The predicted octanol–water partition coefficient (Wildman–Crippen LogP) is 4.02. The molecule has 0 amide bonds. The summed E-state index contributed by atoms with van der Waals surface area (Å²) in [5.74, 6) is -0.906. The summed E-state index contributed by atoms with van der Waals surface area (Å²) in [6, 6.07) is 18.1. The van der Waals surface area contributed by atoms with Crippen molar-refractivity contribution < 1.29 is 14.7 Å². The quantitative estimate of drug-likeness (QED) is 0.685. The molecule has 0 spiro atoms. The van der Waals surface area contributed by atoms with Crippen molar-refractivity contribution in [3.8, 4) is 0 Å². The molecule has 0 aliphatic carbocycles. The molecule has 3 nitrogen and oxygen atoms in total. The largest absolute Gasteiger partial charge is 0.400 e. The summed E-state index contributed by atoms with van der Waals surface area (Å²) >= 11 is 0. The summed E-state index contributed by atoms with van der Waals surface area (Å²) in [5.41, 5.74) is 0.739. The van der Waals surface area contributed by atoms with Crippen LogP contribution in [-0.2, 0) is 0 Å². The number of carbonyl (C=O) groups excluding carboxylic acids is 2. The van der Waals surface area contributed by atoms with Gasteiger partial charge in [0.05, 0.1) is 5.92 Å². The minimum atomic E-state index is -0.678. The van der Waals surface area contributed by atoms with Gasteiger partial charge in [-0.25, -0.2) is 0 Å². The van der Waals surface area contributed by atoms with Crippen molar-refractivity contribution in [2.24, 2.45) is 11.3 Å². The molecular weight excluding hydrogens is 288 g/mol. The van der Waals surface area contributed by atoms with E-state index in [1.807, 2.05) is 57.2 Å². The summed E-state index contributed by atoms with van der Waals surface area (Å²) in [4.78, 5) is 25.6. The topological polar surface area (TPSA) is 54.4 Å². The van der Waals surface area contributed by atoms with Crippen molar-refractivity contribution in [3.05, 3.63) is 71.8 Å². The van der Waals surface area contributed by atoms with Crippen LogP contribution in [-0.4, -0.2) is 23.8 Å². The number of ketones is 2. The molecule has 0 atom stereocenters. The van der Waals surface area contributed by atoms with Crippen LogP contribution in [0.4, 0.5) is 0 Å². The Morgan fingerprint density at radius 1 is 0.739 bits per heavy atom. The third-order valence-electron chi connectivity index (χ3n) is 3.51. The maximum atomic E-state index is 12.8. The zero-order chi connectivity index (χ0) is 17.5. The van der Waals surface area contributed by atoms with E-state index >= 15 is 0 Å². The molecule has 0 aromatic heterocycles. The zero-order valence-corrected chi connectivity index (χ0v) is 14.1. The van der Waals surface area contributed by atoms with Crippen LogP contribution in [0, 0.1) is 11.3 Å². The maximum Gasteiger partial charge on any atom is 0.174 e. The highest BCUT2D eigenvalue weighted by Gasteiger charge is 2.38. The van der Waals surface area contributed by atoms with Gasteiger partial charge in [0.25, 0.3) is 0 Å². The van der Waals surface area contributed by atoms with Crippen LogP contribution in [0.3, 0.4) is 0 Å². The number of carbonyl (C=O) groups is 2. The van der Waals surface area contributed by atoms with Crippen molar-refractivity contribution in [3.63, 3.8) is 0 Å². The van der Waals surface area contributed by atoms with Crippen LogP contribution in [0.1, 0.15) is 41.5 Å². The lowest BCUT2D eigenvalue weighted by atomic mass is 9.72. The van der Waals surface area contributed by atoms with Gasteiger partial charge in [-0.1, -0.05) is 81.4 Å². The van der Waals surface area contributed by atoms with E-state index in [1.165, 1.54) is 0 Å². The van der Waals surface area contributed by atoms with Crippen LogP contribution < -0.4 is 0 Å². The predicted molar refractivity (Wildman–Crippen MR) is 92.6 cm³/mol. The Kier molecular flexibility index (Phi) is 6.86. The van der Waals surface area contributed by atoms with Gasteiger partial charge in [0.1, 0.15) is 0 Å². The van der Waals surface area contributed by atoms with E-state index in [1.54, 1.807) is 24.3 Å². The number of aliphatic hydroxyl groups excluding tert-OH is 1. The second kappa shape index (κ2) is 8.39. The average Bonchev–Trinajstić information content (AvgIpc) is 2.57. The summed E-state index contributed by atoms with van der Waals surface area (Å²) in [5, 5.41) is 7.00. The van der Waals surface area contributed by atoms with Crippen molar-refractivity contribution >= 4 is 11.6 Å². The van der Waals surface area contributed by atoms with Gasteiger partial charge in [-0.15, -0.1) is 0 Å². The molecule has 0 saturated heterocycles. The molecule has 2 aromatic rings. The summed E-state index contributed by atoms with van der Waals surface area (Å²) in [6.45, 7) is 5.79. The highest BCUT2D eigenvalue weighted by molar-refractivity contribution is 6.16. The third-order valence-corrected chi connectivity index (χ3v) is 3.51. The second-order valence-electron chi connectivity index (χ2n) is 6.26.